The van der Waals surface area contributed by atoms with E-state index in [4.69, 9.17) is 0 Å². The van der Waals surface area contributed by atoms with Crippen molar-refractivity contribution < 1.29 is 32.6 Å². The van der Waals surface area contributed by atoms with Gasteiger partial charge in [0.1, 0.15) is 11.5 Å². The lowest BCUT2D eigenvalue weighted by molar-refractivity contribution is -0.274. The van der Waals surface area contributed by atoms with Gasteiger partial charge in [0.2, 0.25) is 0 Å². The summed E-state index contributed by atoms with van der Waals surface area (Å²) in [4.78, 5) is 31.4. The quantitative estimate of drug-likeness (QED) is 0.323. The number of aromatic nitrogens is 1. The van der Waals surface area contributed by atoms with E-state index in [0.717, 1.165) is 22.6 Å². The molecular formula is C25H19F3N2O4. The van der Waals surface area contributed by atoms with Gasteiger partial charge in [-0.3, -0.25) is 19.5 Å². The maximum absolute atomic E-state index is 13.1. The van der Waals surface area contributed by atoms with Crippen molar-refractivity contribution in [3.8, 4) is 5.75 Å². The summed E-state index contributed by atoms with van der Waals surface area (Å²) < 4.78 is 41.5. The van der Waals surface area contributed by atoms with Crippen LogP contribution in [0.15, 0.2) is 72.6 Å². The number of rotatable bonds is 4. The van der Waals surface area contributed by atoms with E-state index < -0.39 is 29.8 Å². The van der Waals surface area contributed by atoms with Crippen LogP contribution in [0.3, 0.4) is 0 Å². The molecule has 1 atom stereocenters. The number of alkyl halides is 3. The molecule has 0 saturated carbocycles. The maximum Gasteiger partial charge on any atom is 0.573 e. The summed E-state index contributed by atoms with van der Waals surface area (Å²) in [6, 6.07) is 12.2. The zero-order valence-electron chi connectivity index (χ0n) is 18.1. The minimum Gasteiger partial charge on any atom is -0.507 e. The first kappa shape index (κ1) is 23.0. The molecule has 1 saturated heterocycles. The monoisotopic (exact) mass is 468 g/mol. The van der Waals surface area contributed by atoms with E-state index in [9.17, 15) is 27.9 Å². The Morgan fingerprint density at radius 2 is 1.76 bits per heavy atom. The lowest BCUT2D eigenvalue weighted by Crippen LogP contribution is -2.29. The minimum atomic E-state index is -4.87. The number of amides is 1. The third-order valence-electron chi connectivity index (χ3n) is 5.44. The SMILES string of the molecule is Cc1ccc(C)c(/C(O)=C2\C(=O)C(=O)N(c3ccc(OC(F)(F)F)cc3)C2c2cccnc2)c1. The van der Waals surface area contributed by atoms with Gasteiger partial charge in [0.25, 0.3) is 11.7 Å². The number of pyridine rings is 1. The van der Waals surface area contributed by atoms with Crippen LogP contribution in [0.2, 0.25) is 0 Å². The third kappa shape index (κ3) is 4.36. The molecule has 0 bridgehead atoms. The number of carbonyl (C=O) groups excluding carboxylic acids is 2. The smallest absolute Gasteiger partial charge is 0.507 e. The molecule has 3 aromatic rings. The summed E-state index contributed by atoms with van der Waals surface area (Å²) >= 11 is 0. The molecule has 34 heavy (non-hydrogen) atoms. The van der Waals surface area contributed by atoms with Crippen LogP contribution in [-0.4, -0.2) is 28.1 Å². The van der Waals surface area contributed by atoms with Crippen LogP contribution >= 0.6 is 0 Å². The van der Waals surface area contributed by atoms with Crippen LogP contribution in [-0.2, 0) is 9.59 Å². The van der Waals surface area contributed by atoms with Crippen molar-refractivity contribution >= 4 is 23.1 Å². The fraction of sp³-hybridized carbons (Fsp3) is 0.160. The highest BCUT2D eigenvalue weighted by Crippen LogP contribution is 2.42. The average Bonchev–Trinajstić information content (AvgIpc) is 3.06. The zero-order chi connectivity index (χ0) is 24.6. The van der Waals surface area contributed by atoms with Crippen LogP contribution in [0.5, 0.6) is 5.75 Å². The topological polar surface area (TPSA) is 79.7 Å². The molecule has 1 fully saturated rings. The van der Waals surface area contributed by atoms with Gasteiger partial charge in [-0.25, -0.2) is 0 Å². The third-order valence-corrected chi connectivity index (χ3v) is 5.44. The molecule has 1 aliphatic rings. The first-order valence-corrected chi connectivity index (χ1v) is 10.2. The van der Waals surface area contributed by atoms with Crippen LogP contribution in [0.1, 0.15) is 28.3 Å². The van der Waals surface area contributed by atoms with Crippen molar-refractivity contribution in [2.24, 2.45) is 0 Å². The second kappa shape index (κ2) is 8.66. The lowest BCUT2D eigenvalue weighted by atomic mass is 9.94. The van der Waals surface area contributed by atoms with Crippen LogP contribution < -0.4 is 9.64 Å². The number of halogens is 3. The molecule has 174 valence electrons. The molecule has 9 heteroatoms. The Hall–Kier alpha value is -4.14. The second-order valence-corrected chi connectivity index (χ2v) is 7.82. The Morgan fingerprint density at radius 3 is 2.38 bits per heavy atom. The van der Waals surface area contributed by atoms with E-state index in [1.165, 1.54) is 24.5 Å². The number of aliphatic hydroxyl groups is 1. The van der Waals surface area contributed by atoms with E-state index in [2.05, 4.69) is 9.72 Å². The molecule has 2 aromatic carbocycles. The van der Waals surface area contributed by atoms with E-state index >= 15 is 0 Å². The molecule has 0 radical (unpaired) electrons. The summed E-state index contributed by atoms with van der Waals surface area (Å²) in [6.45, 7) is 3.60. The van der Waals surface area contributed by atoms with Crippen molar-refractivity contribution in [2.75, 3.05) is 4.90 Å². The number of carbonyl (C=O) groups is 2. The van der Waals surface area contributed by atoms with Gasteiger partial charge in [0, 0.05) is 23.6 Å². The van der Waals surface area contributed by atoms with Gasteiger partial charge in [0.15, 0.2) is 0 Å². The maximum atomic E-state index is 13.1. The Kier molecular flexibility index (Phi) is 5.87. The fourth-order valence-electron chi connectivity index (χ4n) is 3.90. The van der Waals surface area contributed by atoms with Crippen molar-refractivity contribution in [3.05, 3.63) is 94.8 Å². The van der Waals surface area contributed by atoms with Crippen molar-refractivity contribution in [1.82, 2.24) is 4.98 Å². The summed E-state index contributed by atoms with van der Waals surface area (Å²) in [5, 5.41) is 11.2. The van der Waals surface area contributed by atoms with Gasteiger partial charge >= 0.3 is 6.36 Å². The number of Topliss-reactive ketones (excluding diaryl/α,β-unsaturated/α-hetero) is 1. The molecule has 4 rings (SSSR count). The highest BCUT2D eigenvalue weighted by atomic mass is 19.4. The number of aryl methyl sites for hydroxylation is 2. The largest absolute Gasteiger partial charge is 0.573 e. The molecule has 1 amide bonds. The van der Waals surface area contributed by atoms with Crippen LogP contribution in [0, 0.1) is 13.8 Å². The number of benzene rings is 2. The Morgan fingerprint density at radius 1 is 1.06 bits per heavy atom. The van der Waals surface area contributed by atoms with E-state index in [1.807, 2.05) is 13.0 Å². The molecule has 1 N–H and O–H groups in total. The van der Waals surface area contributed by atoms with Gasteiger partial charge < -0.3 is 9.84 Å². The molecule has 1 unspecified atom stereocenters. The summed E-state index contributed by atoms with van der Waals surface area (Å²) in [5.41, 5.74) is 2.42. The van der Waals surface area contributed by atoms with Crippen LogP contribution in [0.25, 0.3) is 5.76 Å². The molecular weight excluding hydrogens is 449 g/mol. The Bertz CT molecular complexity index is 1290. The number of ketones is 1. The van der Waals surface area contributed by atoms with E-state index in [1.54, 1.807) is 31.2 Å². The fourth-order valence-corrected chi connectivity index (χ4v) is 3.90. The summed E-state index contributed by atoms with van der Waals surface area (Å²) in [5.74, 6) is -2.65. The molecule has 6 nitrogen and oxygen atoms in total. The lowest BCUT2D eigenvalue weighted by Gasteiger charge is -2.25. The molecule has 0 aliphatic carbocycles. The first-order valence-electron chi connectivity index (χ1n) is 10.2. The van der Waals surface area contributed by atoms with E-state index in [-0.39, 0.29) is 17.0 Å². The first-order chi connectivity index (χ1) is 16.1. The number of hydrogen-bond donors (Lipinski definition) is 1. The van der Waals surface area contributed by atoms with Gasteiger partial charge in [-0.05, 0) is 61.4 Å². The van der Waals surface area contributed by atoms with Crippen molar-refractivity contribution in [3.63, 3.8) is 0 Å². The standard InChI is InChI=1S/C25H19F3N2O4/c1-14-5-6-15(2)19(12-14)22(31)20-21(16-4-3-11-29-13-16)30(24(33)23(20)32)17-7-9-18(10-8-17)34-25(26,27)28/h3-13,21,31H,1-2H3/b22-20+. The minimum absolute atomic E-state index is 0.137. The molecule has 0 spiro atoms. The molecule has 1 aliphatic heterocycles. The Labute approximate surface area is 192 Å². The number of nitrogens with zero attached hydrogens (tertiary/aromatic N) is 2. The number of aliphatic hydroxyl groups excluding tert-OH is 1. The molecule has 2 heterocycles. The summed E-state index contributed by atoms with van der Waals surface area (Å²) in [6.07, 6.45) is -1.89. The zero-order valence-corrected chi connectivity index (χ0v) is 18.1. The van der Waals surface area contributed by atoms with Gasteiger partial charge in [-0.15, -0.1) is 13.2 Å². The molecule has 1 aromatic heterocycles. The van der Waals surface area contributed by atoms with Gasteiger partial charge in [-0.2, -0.15) is 0 Å². The predicted octanol–water partition coefficient (Wildman–Crippen LogP) is 5.22. The average molecular weight is 468 g/mol. The number of anilines is 1. The highest BCUT2D eigenvalue weighted by molar-refractivity contribution is 6.51. The normalized spacial score (nSPS) is 17.8. The Balaban J connectivity index is 1.87. The van der Waals surface area contributed by atoms with E-state index in [0.29, 0.717) is 16.7 Å². The van der Waals surface area contributed by atoms with Crippen molar-refractivity contribution in [1.29, 1.82) is 0 Å². The highest BCUT2D eigenvalue weighted by Gasteiger charge is 2.47. The number of hydrogen-bond acceptors (Lipinski definition) is 5. The van der Waals surface area contributed by atoms with Gasteiger partial charge in [-0.1, -0.05) is 23.8 Å². The second-order valence-electron chi connectivity index (χ2n) is 7.82. The number of ether oxygens (including phenoxy) is 1. The van der Waals surface area contributed by atoms with Crippen molar-refractivity contribution in [2.45, 2.75) is 26.3 Å². The summed E-state index contributed by atoms with van der Waals surface area (Å²) in [7, 11) is 0. The van der Waals surface area contributed by atoms with Gasteiger partial charge in [0.05, 0.1) is 11.6 Å². The van der Waals surface area contributed by atoms with Crippen LogP contribution in [0.4, 0.5) is 18.9 Å². The predicted molar refractivity (Wildman–Crippen MR) is 118 cm³/mol.